The third-order valence-corrected chi connectivity index (χ3v) is 4.27. The molecular formula is C12H15O2Si. The molecule has 0 spiro atoms. The number of hydrogen-bond acceptors (Lipinski definition) is 2. The van der Waals surface area contributed by atoms with E-state index in [1.54, 1.807) is 0 Å². The number of hydrogen-bond donors (Lipinski definition) is 0. The molecule has 0 saturated carbocycles. The summed E-state index contributed by atoms with van der Waals surface area (Å²) in [5.41, 5.74) is 2.01. The summed E-state index contributed by atoms with van der Waals surface area (Å²) < 4.78 is 11.5. The monoisotopic (exact) mass is 219 g/mol. The molecule has 0 saturated heterocycles. The van der Waals surface area contributed by atoms with Gasteiger partial charge < -0.3 is 9.47 Å². The molecule has 0 unspecified atom stereocenters. The van der Waals surface area contributed by atoms with Crippen molar-refractivity contribution in [2.75, 3.05) is 0 Å². The Morgan fingerprint density at radius 2 is 2.07 bits per heavy atom. The fourth-order valence-corrected chi connectivity index (χ4v) is 2.76. The highest BCUT2D eigenvalue weighted by Crippen LogP contribution is 2.37. The molecule has 1 aromatic carbocycles. The lowest BCUT2D eigenvalue weighted by atomic mass is 10.3. The van der Waals surface area contributed by atoms with Crippen LogP contribution in [0.5, 0.6) is 11.5 Å². The van der Waals surface area contributed by atoms with E-state index in [1.165, 1.54) is 5.19 Å². The largest absolute Gasteiger partial charge is 0.449 e. The first kappa shape index (κ1) is 10.3. The fourth-order valence-electron chi connectivity index (χ4n) is 1.65. The lowest BCUT2D eigenvalue weighted by Crippen LogP contribution is -2.32. The average Bonchev–Trinajstić information content (AvgIpc) is 2.49. The Morgan fingerprint density at radius 3 is 2.73 bits per heavy atom. The minimum Gasteiger partial charge on any atom is -0.449 e. The highest BCUT2D eigenvalue weighted by Gasteiger charge is 2.33. The van der Waals surface area contributed by atoms with Crippen molar-refractivity contribution in [2.45, 2.75) is 26.2 Å². The molecule has 2 nitrogen and oxygen atoms in total. The predicted molar refractivity (Wildman–Crippen MR) is 63.2 cm³/mol. The van der Waals surface area contributed by atoms with Gasteiger partial charge in [0.15, 0.2) is 11.5 Å². The minimum atomic E-state index is -0.721. The van der Waals surface area contributed by atoms with E-state index in [0.717, 1.165) is 11.5 Å². The summed E-state index contributed by atoms with van der Waals surface area (Å²) in [5, 5.41) is 1.23. The van der Waals surface area contributed by atoms with Crippen LogP contribution >= 0.6 is 0 Å². The van der Waals surface area contributed by atoms with Crippen molar-refractivity contribution in [2.24, 2.45) is 0 Å². The Kier molecular flexibility index (Phi) is 2.35. The maximum Gasteiger partial charge on any atom is 0.246 e. The first-order chi connectivity index (χ1) is 7.03. The molecule has 0 amide bonds. The van der Waals surface area contributed by atoms with E-state index >= 15 is 0 Å². The third-order valence-electron chi connectivity index (χ3n) is 2.41. The van der Waals surface area contributed by atoms with Gasteiger partial charge in [0.05, 0.1) is 0 Å². The molecule has 0 aromatic heterocycles. The van der Waals surface area contributed by atoms with Crippen molar-refractivity contribution in [1.29, 1.82) is 0 Å². The van der Waals surface area contributed by atoms with Crippen LogP contribution in [-0.2, 0) is 0 Å². The Morgan fingerprint density at radius 1 is 1.33 bits per heavy atom. The lowest BCUT2D eigenvalue weighted by Gasteiger charge is -2.17. The van der Waals surface area contributed by atoms with Crippen molar-refractivity contribution in [3.05, 3.63) is 30.5 Å². The Labute approximate surface area is 92.1 Å². The average molecular weight is 219 g/mol. The van der Waals surface area contributed by atoms with Crippen LogP contribution in [0.2, 0.25) is 6.55 Å². The lowest BCUT2D eigenvalue weighted by molar-refractivity contribution is -0.0427. The molecule has 1 aliphatic rings. The van der Waals surface area contributed by atoms with Gasteiger partial charge in [0.2, 0.25) is 5.79 Å². The first-order valence-electron chi connectivity index (χ1n) is 5.01. The van der Waals surface area contributed by atoms with Gasteiger partial charge in [-0.1, -0.05) is 24.4 Å². The van der Waals surface area contributed by atoms with E-state index in [-0.39, 0.29) is 0 Å². The molecule has 1 aliphatic heterocycles. The summed E-state index contributed by atoms with van der Waals surface area (Å²) >= 11 is 0. The van der Waals surface area contributed by atoms with Crippen LogP contribution in [0.4, 0.5) is 0 Å². The minimum absolute atomic E-state index is 0.540. The normalized spacial score (nSPS) is 16.8. The second-order valence-electron chi connectivity index (χ2n) is 4.12. The summed E-state index contributed by atoms with van der Waals surface area (Å²) in [6.07, 6.45) is 0. The van der Waals surface area contributed by atoms with Crippen molar-refractivity contribution < 1.29 is 9.47 Å². The van der Waals surface area contributed by atoms with Crippen LogP contribution in [-0.4, -0.2) is 14.6 Å². The molecule has 15 heavy (non-hydrogen) atoms. The van der Waals surface area contributed by atoms with Gasteiger partial charge in [-0.15, -0.1) is 6.58 Å². The van der Waals surface area contributed by atoms with Crippen molar-refractivity contribution in [1.82, 2.24) is 0 Å². The van der Waals surface area contributed by atoms with Crippen molar-refractivity contribution >= 4 is 14.0 Å². The summed E-state index contributed by atoms with van der Waals surface area (Å²) in [6.45, 7) is 9.89. The van der Waals surface area contributed by atoms with E-state index in [0.29, 0.717) is 0 Å². The number of para-hydroxylation sites is 1. The fraction of sp³-hybridized carbons (Fsp3) is 0.333. The van der Waals surface area contributed by atoms with Gasteiger partial charge in [-0.25, -0.2) is 0 Å². The van der Waals surface area contributed by atoms with Crippen LogP contribution < -0.4 is 14.7 Å². The molecule has 1 aromatic rings. The molecule has 2 rings (SSSR count). The molecule has 79 valence electrons. The van der Waals surface area contributed by atoms with Gasteiger partial charge >= 0.3 is 0 Å². The molecule has 1 radical (unpaired) electrons. The maximum absolute atomic E-state index is 5.80. The number of rotatable bonds is 2. The highest BCUT2D eigenvalue weighted by atomic mass is 28.3. The number of benzene rings is 1. The topological polar surface area (TPSA) is 18.5 Å². The van der Waals surface area contributed by atoms with Gasteiger partial charge in [-0.3, -0.25) is 0 Å². The van der Waals surface area contributed by atoms with Crippen molar-refractivity contribution in [3.63, 3.8) is 0 Å². The number of fused-ring (bicyclic) bond motifs is 1. The van der Waals surface area contributed by atoms with E-state index in [4.69, 9.17) is 9.47 Å². The Hall–Kier alpha value is -1.22. The second kappa shape index (κ2) is 3.42. The smallest absolute Gasteiger partial charge is 0.246 e. The number of ether oxygens (including phenoxy) is 2. The molecule has 0 aliphatic carbocycles. The zero-order chi connectivity index (χ0) is 11.1. The Balaban J connectivity index is 2.46. The zero-order valence-corrected chi connectivity index (χ0v) is 10.3. The standard InChI is InChI=1S/C12H15O2Si/c1-5-15(4)10-8-6-7-9-11(10)14-12(2,3)13-9/h5-8H,1H2,2-4H3. The molecule has 0 fully saturated rings. The van der Waals surface area contributed by atoms with Crippen LogP contribution in [0.15, 0.2) is 30.5 Å². The molecule has 3 heteroatoms. The summed E-state index contributed by atoms with van der Waals surface area (Å²) in [5.74, 6) is 1.21. The highest BCUT2D eigenvalue weighted by molar-refractivity contribution is 6.77. The van der Waals surface area contributed by atoms with E-state index in [2.05, 4.69) is 19.2 Å². The van der Waals surface area contributed by atoms with E-state index in [9.17, 15) is 0 Å². The molecule has 0 N–H and O–H groups in total. The molecule has 0 atom stereocenters. The molecular weight excluding hydrogens is 204 g/mol. The van der Waals surface area contributed by atoms with Crippen LogP contribution in [0.3, 0.4) is 0 Å². The SMILES string of the molecule is C=C[Si](C)c1cccc2c1OC(C)(C)O2. The van der Waals surface area contributed by atoms with Crippen molar-refractivity contribution in [3.8, 4) is 11.5 Å². The van der Waals surface area contributed by atoms with Crippen LogP contribution in [0.1, 0.15) is 13.8 Å². The van der Waals surface area contributed by atoms with Crippen LogP contribution in [0.25, 0.3) is 0 Å². The second-order valence-corrected chi connectivity index (χ2v) is 6.44. The van der Waals surface area contributed by atoms with Gasteiger partial charge in [-0.05, 0) is 11.3 Å². The van der Waals surface area contributed by atoms with E-state index < -0.39 is 14.6 Å². The predicted octanol–water partition coefficient (Wildman–Crippen LogP) is 2.25. The summed E-state index contributed by atoms with van der Waals surface area (Å²) in [6, 6.07) is 6.06. The first-order valence-corrected chi connectivity index (χ1v) is 7.08. The molecule has 1 heterocycles. The quantitative estimate of drug-likeness (QED) is 0.710. The third kappa shape index (κ3) is 1.79. The van der Waals surface area contributed by atoms with Gasteiger partial charge in [0.1, 0.15) is 8.80 Å². The Bertz CT molecular complexity index is 399. The summed E-state index contributed by atoms with van der Waals surface area (Å²) in [7, 11) is -0.721. The zero-order valence-electron chi connectivity index (χ0n) is 9.33. The van der Waals surface area contributed by atoms with Gasteiger partial charge in [0.25, 0.3) is 0 Å². The van der Waals surface area contributed by atoms with E-state index in [1.807, 2.05) is 31.7 Å². The van der Waals surface area contributed by atoms with Crippen LogP contribution in [0, 0.1) is 0 Å². The van der Waals surface area contributed by atoms with Gasteiger partial charge in [0, 0.05) is 13.8 Å². The van der Waals surface area contributed by atoms with Gasteiger partial charge in [-0.2, -0.15) is 0 Å². The molecule has 0 bridgehead atoms. The maximum atomic E-state index is 5.80. The summed E-state index contributed by atoms with van der Waals surface area (Å²) in [4.78, 5) is 0.